The second kappa shape index (κ2) is 4.04. The Balaban J connectivity index is 2.31. The van der Waals surface area contributed by atoms with E-state index in [1.165, 1.54) is 19.3 Å². The summed E-state index contributed by atoms with van der Waals surface area (Å²) in [6, 6.07) is 0. The van der Waals surface area contributed by atoms with Gasteiger partial charge >= 0.3 is 0 Å². The Bertz CT molecular complexity index is 159. The minimum atomic E-state index is -0.01000. The molecular weight excluding hydrogens is 150 g/mol. The maximum atomic E-state index is 10.8. The van der Waals surface area contributed by atoms with Crippen LogP contribution < -0.4 is 5.73 Å². The van der Waals surface area contributed by atoms with Gasteiger partial charge in [0.2, 0.25) is 0 Å². The molecule has 2 heteroatoms. The second-order valence-corrected chi connectivity index (χ2v) is 4.13. The van der Waals surface area contributed by atoms with E-state index in [1.54, 1.807) is 6.92 Å². The van der Waals surface area contributed by atoms with Gasteiger partial charge in [-0.3, -0.25) is 0 Å². The Labute approximate surface area is 74.5 Å². The van der Waals surface area contributed by atoms with Crippen molar-refractivity contribution in [1.29, 1.82) is 0 Å². The molecule has 0 saturated heterocycles. The predicted octanol–water partition coefficient (Wildman–Crippen LogP) is 2.02. The van der Waals surface area contributed by atoms with Crippen molar-refractivity contribution in [2.24, 2.45) is 5.73 Å². The van der Waals surface area contributed by atoms with E-state index in [1.807, 2.05) is 0 Å². The molecule has 0 atom stereocenters. The van der Waals surface area contributed by atoms with Crippen molar-refractivity contribution < 1.29 is 4.79 Å². The number of ketones is 1. The highest BCUT2D eigenvalue weighted by molar-refractivity contribution is 5.75. The highest BCUT2D eigenvalue weighted by Gasteiger charge is 2.26. The molecule has 2 nitrogen and oxygen atoms in total. The fourth-order valence-electron chi connectivity index (χ4n) is 1.93. The molecule has 0 aromatic heterocycles. The van der Waals surface area contributed by atoms with Gasteiger partial charge in [-0.2, -0.15) is 0 Å². The average molecular weight is 169 g/mol. The van der Waals surface area contributed by atoms with Crippen molar-refractivity contribution in [1.82, 2.24) is 0 Å². The molecule has 1 rings (SSSR count). The monoisotopic (exact) mass is 169 g/mol. The van der Waals surface area contributed by atoms with Gasteiger partial charge in [-0.15, -0.1) is 0 Å². The molecule has 1 saturated carbocycles. The molecule has 0 bridgehead atoms. The Morgan fingerprint density at radius 1 is 1.33 bits per heavy atom. The van der Waals surface area contributed by atoms with Crippen LogP contribution in [0.5, 0.6) is 0 Å². The standard InChI is InChI=1S/C10H19NO/c1-9(12)5-8-10(11)6-3-2-4-7-10/h2-8,11H2,1H3. The first-order chi connectivity index (χ1) is 5.62. The summed E-state index contributed by atoms with van der Waals surface area (Å²) in [7, 11) is 0. The first-order valence-corrected chi connectivity index (χ1v) is 4.91. The molecular formula is C10H19NO. The van der Waals surface area contributed by atoms with Crippen molar-refractivity contribution in [3.8, 4) is 0 Å². The van der Waals surface area contributed by atoms with Gasteiger partial charge in [-0.1, -0.05) is 19.3 Å². The lowest BCUT2D eigenvalue weighted by Crippen LogP contribution is -2.41. The molecule has 1 aliphatic carbocycles. The zero-order valence-electron chi connectivity index (χ0n) is 7.94. The van der Waals surface area contributed by atoms with E-state index in [2.05, 4.69) is 0 Å². The molecule has 0 aromatic rings. The lowest BCUT2D eigenvalue weighted by molar-refractivity contribution is -0.117. The molecule has 12 heavy (non-hydrogen) atoms. The summed E-state index contributed by atoms with van der Waals surface area (Å²) in [4.78, 5) is 10.8. The Morgan fingerprint density at radius 2 is 1.92 bits per heavy atom. The number of rotatable bonds is 3. The van der Waals surface area contributed by atoms with Gasteiger partial charge in [-0.05, 0) is 26.2 Å². The fourth-order valence-corrected chi connectivity index (χ4v) is 1.93. The predicted molar refractivity (Wildman–Crippen MR) is 49.9 cm³/mol. The molecule has 0 unspecified atom stereocenters. The topological polar surface area (TPSA) is 43.1 Å². The maximum absolute atomic E-state index is 10.8. The van der Waals surface area contributed by atoms with Gasteiger partial charge in [0.15, 0.2) is 0 Å². The Hall–Kier alpha value is -0.370. The average Bonchev–Trinajstić information content (AvgIpc) is 2.03. The van der Waals surface area contributed by atoms with Crippen molar-refractivity contribution in [2.75, 3.05) is 0 Å². The highest BCUT2D eigenvalue weighted by atomic mass is 16.1. The van der Waals surface area contributed by atoms with Crippen LogP contribution in [-0.4, -0.2) is 11.3 Å². The molecule has 0 heterocycles. The van der Waals surface area contributed by atoms with Crippen LogP contribution in [0, 0.1) is 0 Å². The number of hydrogen-bond donors (Lipinski definition) is 1. The molecule has 0 aliphatic heterocycles. The quantitative estimate of drug-likeness (QED) is 0.702. The normalized spacial score (nSPS) is 22.2. The Morgan fingerprint density at radius 3 is 2.42 bits per heavy atom. The van der Waals surface area contributed by atoms with Gasteiger partial charge in [0, 0.05) is 12.0 Å². The summed E-state index contributed by atoms with van der Waals surface area (Å²) >= 11 is 0. The smallest absolute Gasteiger partial charge is 0.129 e. The van der Waals surface area contributed by atoms with Crippen molar-refractivity contribution in [2.45, 2.75) is 57.4 Å². The van der Waals surface area contributed by atoms with Crippen molar-refractivity contribution in [3.05, 3.63) is 0 Å². The molecule has 0 aromatic carbocycles. The largest absolute Gasteiger partial charge is 0.325 e. The van der Waals surface area contributed by atoms with Gasteiger partial charge in [0.1, 0.15) is 5.78 Å². The minimum Gasteiger partial charge on any atom is -0.325 e. The third-order valence-electron chi connectivity index (χ3n) is 2.82. The number of carbonyl (C=O) groups is 1. The van der Waals surface area contributed by atoms with E-state index in [0.717, 1.165) is 19.3 Å². The fraction of sp³-hybridized carbons (Fsp3) is 0.900. The van der Waals surface area contributed by atoms with Crippen molar-refractivity contribution in [3.63, 3.8) is 0 Å². The van der Waals surface area contributed by atoms with Crippen LogP contribution in [0.1, 0.15) is 51.9 Å². The van der Waals surface area contributed by atoms with Crippen molar-refractivity contribution >= 4 is 5.78 Å². The number of Topliss-reactive ketones (excluding diaryl/α,β-unsaturated/α-hetero) is 1. The van der Waals surface area contributed by atoms with E-state index >= 15 is 0 Å². The van der Waals surface area contributed by atoms with Gasteiger partial charge in [-0.25, -0.2) is 0 Å². The van der Waals surface area contributed by atoms with E-state index in [4.69, 9.17) is 5.73 Å². The zero-order chi connectivity index (χ0) is 9.03. The van der Waals surface area contributed by atoms with Gasteiger partial charge in [0.05, 0.1) is 0 Å². The lowest BCUT2D eigenvalue weighted by atomic mass is 9.79. The first-order valence-electron chi connectivity index (χ1n) is 4.91. The van der Waals surface area contributed by atoms with E-state index < -0.39 is 0 Å². The summed E-state index contributed by atoms with van der Waals surface area (Å²) in [5, 5.41) is 0. The summed E-state index contributed by atoms with van der Waals surface area (Å²) in [6.07, 6.45) is 7.58. The molecule has 2 N–H and O–H groups in total. The summed E-state index contributed by atoms with van der Waals surface area (Å²) in [5.74, 6) is 0.269. The number of nitrogens with two attached hydrogens (primary N) is 1. The van der Waals surface area contributed by atoms with Crippen LogP contribution in [0.25, 0.3) is 0 Å². The van der Waals surface area contributed by atoms with Crippen LogP contribution in [0.15, 0.2) is 0 Å². The van der Waals surface area contributed by atoms with Crippen LogP contribution in [-0.2, 0) is 4.79 Å². The Kier molecular flexibility index (Phi) is 3.27. The highest BCUT2D eigenvalue weighted by Crippen LogP contribution is 2.29. The lowest BCUT2D eigenvalue weighted by Gasteiger charge is -2.33. The van der Waals surface area contributed by atoms with E-state index in [9.17, 15) is 4.79 Å². The second-order valence-electron chi connectivity index (χ2n) is 4.13. The third kappa shape index (κ3) is 2.94. The SMILES string of the molecule is CC(=O)CCC1(N)CCCCC1. The summed E-state index contributed by atoms with van der Waals surface area (Å²) in [6.45, 7) is 1.65. The van der Waals surface area contributed by atoms with E-state index in [0.29, 0.717) is 6.42 Å². The molecule has 70 valence electrons. The molecule has 1 aliphatic rings. The summed E-state index contributed by atoms with van der Waals surface area (Å²) in [5.41, 5.74) is 6.15. The number of carbonyl (C=O) groups excluding carboxylic acids is 1. The van der Waals surface area contributed by atoms with Gasteiger partial charge in [0.25, 0.3) is 0 Å². The van der Waals surface area contributed by atoms with Crippen LogP contribution >= 0.6 is 0 Å². The van der Waals surface area contributed by atoms with Crippen LogP contribution in [0.4, 0.5) is 0 Å². The molecule has 1 fully saturated rings. The minimum absolute atomic E-state index is 0.01000. The molecule has 0 radical (unpaired) electrons. The molecule has 0 amide bonds. The first kappa shape index (κ1) is 9.72. The van der Waals surface area contributed by atoms with Crippen LogP contribution in [0.3, 0.4) is 0 Å². The van der Waals surface area contributed by atoms with Crippen LogP contribution in [0.2, 0.25) is 0 Å². The molecule has 0 spiro atoms. The third-order valence-corrected chi connectivity index (χ3v) is 2.82. The van der Waals surface area contributed by atoms with E-state index in [-0.39, 0.29) is 11.3 Å². The number of hydrogen-bond acceptors (Lipinski definition) is 2. The zero-order valence-corrected chi connectivity index (χ0v) is 7.94. The van der Waals surface area contributed by atoms with Gasteiger partial charge < -0.3 is 10.5 Å². The summed E-state index contributed by atoms with van der Waals surface area (Å²) < 4.78 is 0. The maximum Gasteiger partial charge on any atom is 0.129 e.